The standard InChI is InChI=1S/C16H28N2/c1-4-18(13-8-6-5-7-12-17-3)16-11-9-10-15(2)14-16/h9-11,14,17H,4-8,12-13H2,1-3H3. The van der Waals surface area contributed by atoms with E-state index in [2.05, 4.69) is 48.3 Å². The molecule has 0 aliphatic heterocycles. The van der Waals surface area contributed by atoms with Gasteiger partial charge in [0, 0.05) is 18.8 Å². The minimum atomic E-state index is 1.10. The van der Waals surface area contributed by atoms with E-state index in [9.17, 15) is 0 Å². The zero-order valence-corrected chi connectivity index (χ0v) is 12.2. The van der Waals surface area contributed by atoms with Gasteiger partial charge in [0.05, 0.1) is 0 Å². The fourth-order valence-electron chi connectivity index (χ4n) is 2.25. The number of benzene rings is 1. The number of aryl methyl sites for hydroxylation is 1. The van der Waals surface area contributed by atoms with Gasteiger partial charge in [-0.2, -0.15) is 0 Å². The molecule has 0 aliphatic carbocycles. The van der Waals surface area contributed by atoms with Crippen LogP contribution >= 0.6 is 0 Å². The van der Waals surface area contributed by atoms with Crippen LogP contribution in [0.25, 0.3) is 0 Å². The van der Waals surface area contributed by atoms with Crippen LogP contribution in [0.5, 0.6) is 0 Å². The fourth-order valence-corrected chi connectivity index (χ4v) is 2.25. The monoisotopic (exact) mass is 248 g/mol. The zero-order chi connectivity index (χ0) is 13.2. The highest BCUT2D eigenvalue weighted by molar-refractivity contribution is 5.48. The Bertz CT molecular complexity index is 323. The van der Waals surface area contributed by atoms with Gasteiger partial charge in [0.25, 0.3) is 0 Å². The van der Waals surface area contributed by atoms with Crippen LogP contribution in [0.4, 0.5) is 5.69 Å². The van der Waals surface area contributed by atoms with E-state index in [0.29, 0.717) is 0 Å². The second-order valence-electron chi connectivity index (χ2n) is 4.94. The zero-order valence-electron chi connectivity index (χ0n) is 12.2. The molecule has 0 amide bonds. The number of unbranched alkanes of at least 4 members (excludes halogenated alkanes) is 3. The van der Waals surface area contributed by atoms with Crippen molar-refractivity contribution in [2.75, 3.05) is 31.6 Å². The molecule has 1 rings (SSSR count). The van der Waals surface area contributed by atoms with Crippen molar-refractivity contribution in [3.63, 3.8) is 0 Å². The number of rotatable bonds is 9. The summed E-state index contributed by atoms with van der Waals surface area (Å²) >= 11 is 0. The summed E-state index contributed by atoms with van der Waals surface area (Å²) in [4.78, 5) is 2.48. The highest BCUT2D eigenvalue weighted by atomic mass is 15.1. The lowest BCUT2D eigenvalue weighted by Gasteiger charge is -2.23. The van der Waals surface area contributed by atoms with E-state index >= 15 is 0 Å². The van der Waals surface area contributed by atoms with Crippen LogP contribution in [-0.4, -0.2) is 26.7 Å². The molecule has 0 unspecified atom stereocenters. The quantitative estimate of drug-likeness (QED) is 0.672. The third kappa shape index (κ3) is 5.54. The Morgan fingerprint density at radius 3 is 2.56 bits per heavy atom. The first-order chi connectivity index (χ1) is 8.77. The number of nitrogens with zero attached hydrogens (tertiary/aromatic N) is 1. The van der Waals surface area contributed by atoms with E-state index in [0.717, 1.165) is 13.1 Å². The van der Waals surface area contributed by atoms with E-state index in [1.165, 1.54) is 43.5 Å². The van der Waals surface area contributed by atoms with E-state index in [4.69, 9.17) is 0 Å². The van der Waals surface area contributed by atoms with Crippen molar-refractivity contribution in [3.8, 4) is 0 Å². The third-order valence-corrected chi connectivity index (χ3v) is 3.35. The van der Waals surface area contributed by atoms with E-state index < -0.39 is 0 Å². The number of nitrogens with one attached hydrogen (secondary N) is 1. The molecule has 0 radical (unpaired) electrons. The Balaban J connectivity index is 2.29. The molecular formula is C16H28N2. The molecule has 0 aliphatic rings. The van der Waals surface area contributed by atoms with Crippen molar-refractivity contribution in [1.29, 1.82) is 0 Å². The van der Waals surface area contributed by atoms with Crippen LogP contribution in [0.3, 0.4) is 0 Å². The maximum Gasteiger partial charge on any atom is 0.0368 e. The summed E-state index contributed by atoms with van der Waals surface area (Å²) in [6.45, 7) is 7.83. The maximum atomic E-state index is 3.20. The van der Waals surface area contributed by atoms with Crippen molar-refractivity contribution < 1.29 is 0 Å². The molecule has 0 saturated carbocycles. The molecule has 1 aromatic carbocycles. The lowest BCUT2D eigenvalue weighted by atomic mass is 10.1. The molecule has 1 N–H and O–H groups in total. The molecule has 2 nitrogen and oxygen atoms in total. The van der Waals surface area contributed by atoms with Crippen molar-refractivity contribution in [1.82, 2.24) is 5.32 Å². The van der Waals surface area contributed by atoms with E-state index in [1.54, 1.807) is 0 Å². The van der Waals surface area contributed by atoms with Crippen LogP contribution in [0.15, 0.2) is 24.3 Å². The Morgan fingerprint density at radius 2 is 1.89 bits per heavy atom. The van der Waals surface area contributed by atoms with Crippen molar-refractivity contribution in [2.24, 2.45) is 0 Å². The van der Waals surface area contributed by atoms with Gasteiger partial charge < -0.3 is 10.2 Å². The molecule has 1 aromatic rings. The molecule has 0 heterocycles. The Morgan fingerprint density at radius 1 is 1.11 bits per heavy atom. The smallest absolute Gasteiger partial charge is 0.0368 e. The SMILES string of the molecule is CCN(CCCCCCNC)c1cccc(C)c1. The van der Waals surface area contributed by atoms with Crippen molar-refractivity contribution in [2.45, 2.75) is 39.5 Å². The average Bonchev–Trinajstić information content (AvgIpc) is 2.38. The minimum Gasteiger partial charge on any atom is -0.372 e. The van der Waals surface area contributed by atoms with Gasteiger partial charge >= 0.3 is 0 Å². The fraction of sp³-hybridized carbons (Fsp3) is 0.625. The van der Waals surface area contributed by atoms with Gasteiger partial charge in [0.15, 0.2) is 0 Å². The van der Waals surface area contributed by atoms with Gasteiger partial charge in [-0.15, -0.1) is 0 Å². The highest BCUT2D eigenvalue weighted by Crippen LogP contribution is 2.16. The Hall–Kier alpha value is -1.02. The van der Waals surface area contributed by atoms with Gasteiger partial charge in [0.1, 0.15) is 0 Å². The molecule has 0 bridgehead atoms. The second-order valence-corrected chi connectivity index (χ2v) is 4.94. The average molecular weight is 248 g/mol. The van der Waals surface area contributed by atoms with Gasteiger partial charge in [-0.05, 0) is 58.0 Å². The molecule has 102 valence electrons. The van der Waals surface area contributed by atoms with Crippen LogP contribution in [0.2, 0.25) is 0 Å². The number of anilines is 1. The van der Waals surface area contributed by atoms with Crippen LogP contribution in [-0.2, 0) is 0 Å². The van der Waals surface area contributed by atoms with Crippen LogP contribution < -0.4 is 10.2 Å². The second kappa shape index (κ2) is 8.98. The molecule has 0 aromatic heterocycles. The first kappa shape index (κ1) is 15.0. The van der Waals surface area contributed by atoms with Crippen molar-refractivity contribution in [3.05, 3.63) is 29.8 Å². The summed E-state index contributed by atoms with van der Waals surface area (Å²) in [5.41, 5.74) is 2.72. The Labute approximate surface area is 112 Å². The molecular weight excluding hydrogens is 220 g/mol. The predicted octanol–water partition coefficient (Wildman–Crippen LogP) is 3.60. The van der Waals surface area contributed by atoms with Gasteiger partial charge in [-0.3, -0.25) is 0 Å². The summed E-state index contributed by atoms with van der Waals surface area (Å²) in [7, 11) is 2.02. The summed E-state index contributed by atoms with van der Waals surface area (Å²) < 4.78 is 0. The summed E-state index contributed by atoms with van der Waals surface area (Å²) in [6, 6.07) is 8.82. The van der Waals surface area contributed by atoms with Gasteiger partial charge in [-0.1, -0.05) is 25.0 Å². The Kier molecular flexibility index (Phi) is 7.51. The molecule has 0 spiro atoms. The number of hydrogen-bond donors (Lipinski definition) is 1. The maximum absolute atomic E-state index is 3.20. The topological polar surface area (TPSA) is 15.3 Å². The summed E-state index contributed by atoms with van der Waals surface area (Å²) in [6.07, 6.45) is 5.27. The minimum absolute atomic E-state index is 1.10. The highest BCUT2D eigenvalue weighted by Gasteiger charge is 2.03. The largest absolute Gasteiger partial charge is 0.372 e. The predicted molar refractivity (Wildman–Crippen MR) is 81.5 cm³/mol. The summed E-state index contributed by atoms with van der Waals surface area (Å²) in [5.74, 6) is 0. The normalized spacial score (nSPS) is 10.6. The molecule has 0 saturated heterocycles. The molecule has 18 heavy (non-hydrogen) atoms. The summed E-state index contributed by atoms with van der Waals surface area (Å²) in [5, 5.41) is 3.20. The third-order valence-electron chi connectivity index (χ3n) is 3.35. The first-order valence-corrected chi connectivity index (χ1v) is 7.24. The van der Waals surface area contributed by atoms with Crippen molar-refractivity contribution >= 4 is 5.69 Å². The van der Waals surface area contributed by atoms with Gasteiger partial charge in [-0.25, -0.2) is 0 Å². The van der Waals surface area contributed by atoms with Crippen LogP contribution in [0.1, 0.15) is 38.2 Å². The molecule has 0 fully saturated rings. The lowest BCUT2D eigenvalue weighted by molar-refractivity contribution is 0.609. The van der Waals surface area contributed by atoms with Crippen LogP contribution in [0, 0.1) is 6.92 Å². The first-order valence-electron chi connectivity index (χ1n) is 7.24. The number of hydrogen-bond acceptors (Lipinski definition) is 2. The van der Waals surface area contributed by atoms with E-state index in [1.807, 2.05) is 7.05 Å². The lowest BCUT2D eigenvalue weighted by Crippen LogP contribution is -2.23. The molecule has 0 atom stereocenters. The van der Waals surface area contributed by atoms with Gasteiger partial charge in [0.2, 0.25) is 0 Å². The van der Waals surface area contributed by atoms with E-state index in [-0.39, 0.29) is 0 Å². The molecule has 2 heteroatoms.